The Morgan fingerprint density at radius 2 is 2.24 bits per heavy atom. The van der Waals surface area contributed by atoms with Crippen LogP contribution in [-0.4, -0.2) is 21.7 Å². The Kier molecular flexibility index (Phi) is 4.06. The number of hydrogen-bond acceptors (Lipinski definition) is 2. The molecule has 0 radical (unpaired) electrons. The molecule has 1 atom stereocenters. The predicted octanol–water partition coefficient (Wildman–Crippen LogP) is 2.68. The van der Waals surface area contributed by atoms with Crippen LogP contribution in [0.3, 0.4) is 0 Å². The highest BCUT2D eigenvalue weighted by molar-refractivity contribution is 6.32. The second kappa shape index (κ2) is 6.14. The summed E-state index contributed by atoms with van der Waals surface area (Å²) in [6.07, 6.45) is 6.81. The van der Waals surface area contributed by atoms with Crippen LogP contribution in [0, 0.1) is 0 Å². The standard InChI is InChI=1S/C16H16ClN3O/c17-15-4-2-1-3-12(15)5-6-16(21)19-13-8-10-20-14(11-13)7-9-18-20/h1-7,9,13H,8,10-11H2,(H,19,21)/b6-5+/t13-/m0/s1. The molecule has 0 spiro atoms. The molecule has 0 fully saturated rings. The topological polar surface area (TPSA) is 46.9 Å². The summed E-state index contributed by atoms with van der Waals surface area (Å²) in [5.41, 5.74) is 2.01. The number of carbonyl (C=O) groups excluding carboxylic acids is 1. The molecule has 5 heteroatoms. The number of nitrogens with zero attached hydrogens (tertiary/aromatic N) is 2. The number of hydrogen-bond donors (Lipinski definition) is 1. The second-order valence-electron chi connectivity index (χ2n) is 5.10. The molecule has 0 saturated carbocycles. The first kappa shape index (κ1) is 13.9. The highest BCUT2D eigenvalue weighted by Gasteiger charge is 2.19. The van der Waals surface area contributed by atoms with Gasteiger partial charge >= 0.3 is 0 Å². The molecule has 1 aliphatic heterocycles. The fourth-order valence-corrected chi connectivity index (χ4v) is 2.71. The Hall–Kier alpha value is -2.07. The van der Waals surface area contributed by atoms with Gasteiger partial charge in [0.25, 0.3) is 0 Å². The number of halogens is 1. The number of amides is 1. The van der Waals surface area contributed by atoms with Crippen LogP contribution < -0.4 is 5.32 Å². The number of nitrogens with one attached hydrogen (secondary N) is 1. The van der Waals surface area contributed by atoms with E-state index in [0.717, 1.165) is 24.9 Å². The molecule has 1 aromatic heterocycles. The normalized spacial score (nSPS) is 17.7. The Morgan fingerprint density at radius 3 is 3.10 bits per heavy atom. The van der Waals surface area contributed by atoms with Gasteiger partial charge in [0.2, 0.25) is 5.91 Å². The van der Waals surface area contributed by atoms with Gasteiger partial charge in [-0.1, -0.05) is 29.8 Å². The van der Waals surface area contributed by atoms with Crippen molar-refractivity contribution < 1.29 is 4.79 Å². The number of aromatic nitrogens is 2. The maximum atomic E-state index is 12.0. The van der Waals surface area contributed by atoms with Crippen LogP contribution >= 0.6 is 11.6 Å². The molecule has 4 nitrogen and oxygen atoms in total. The highest BCUT2D eigenvalue weighted by atomic mass is 35.5. The predicted molar refractivity (Wildman–Crippen MR) is 83.0 cm³/mol. The van der Waals surface area contributed by atoms with Gasteiger partial charge < -0.3 is 5.32 Å². The van der Waals surface area contributed by atoms with Crippen molar-refractivity contribution in [3.8, 4) is 0 Å². The molecular weight excluding hydrogens is 286 g/mol. The maximum Gasteiger partial charge on any atom is 0.244 e. The van der Waals surface area contributed by atoms with Crippen LogP contribution in [0.2, 0.25) is 5.02 Å². The second-order valence-corrected chi connectivity index (χ2v) is 5.51. The minimum Gasteiger partial charge on any atom is -0.349 e. The van der Waals surface area contributed by atoms with E-state index in [1.54, 1.807) is 18.3 Å². The molecular formula is C16H16ClN3O. The lowest BCUT2D eigenvalue weighted by Gasteiger charge is -2.23. The van der Waals surface area contributed by atoms with Crippen molar-refractivity contribution in [2.24, 2.45) is 0 Å². The summed E-state index contributed by atoms with van der Waals surface area (Å²) < 4.78 is 1.99. The lowest BCUT2D eigenvalue weighted by atomic mass is 10.0. The Balaban J connectivity index is 1.59. The van der Waals surface area contributed by atoms with Crippen molar-refractivity contribution in [3.63, 3.8) is 0 Å². The van der Waals surface area contributed by atoms with E-state index in [2.05, 4.69) is 10.4 Å². The van der Waals surface area contributed by atoms with Crippen molar-refractivity contribution in [1.29, 1.82) is 0 Å². The summed E-state index contributed by atoms with van der Waals surface area (Å²) in [6, 6.07) is 9.61. The first-order valence-electron chi connectivity index (χ1n) is 6.96. The Labute approximate surface area is 128 Å². The van der Waals surface area contributed by atoms with Crippen molar-refractivity contribution in [3.05, 3.63) is 58.9 Å². The number of benzene rings is 1. The van der Waals surface area contributed by atoms with E-state index in [9.17, 15) is 4.79 Å². The molecule has 1 amide bonds. The largest absolute Gasteiger partial charge is 0.349 e. The molecule has 0 bridgehead atoms. The van der Waals surface area contributed by atoms with E-state index in [0.29, 0.717) is 5.02 Å². The first-order chi connectivity index (χ1) is 10.2. The van der Waals surface area contributed by atoms with E-state index >= 15 is 0 Å². The van der Waals surface area contributed by atoms with E-state index in [1.165, 1.54) is 11.8 Å². The number of rotatable bonds is 3. The molecule has 0 aliphatic carbocycles. The minimum absolute atomic E-state index is 0.0899. The van der Waals surface area contributed by atoms with Crippen LogP contribution in [0.1, 0.15) is 17.7 Å². The summed E-state index contributed by atoms with van der Waals surface area (Å²) in [6.45, 7) is 0.849. The third-order valence-electron chi connectivity index (χ3n) is 3.62. The quantitative estimate of drug-likeness (QED) is 0.886. The maximum absolute atomic E-state index is 12.0. The van der Waals surface area contributed by atoms with Crippen molar-refractivity contribution in [1.82, 2.24) is 15.1 Å². The summed E-state index contributed by atoms with van der Waals surface area (Å²) >= 11 is 6.05. The van der Waals surface area contributed by atoms with Gasteiger partial charge in [-0.05, 0) is 30.2 Å². The third-order valence-corrected chi connectivity index (χ3v) is 3.96. The molecule has 1 aromatic carbocycles. The molecule has 1 N–H and O–H groups in total. The van der Waals surface area contributed by atoms with Crippen LogP contribution in [0.15, 0.2) is 42.6 Å². The molecule has 3 rings (SSSR count). The van der Waals surface area contributed by atoms with Gasteiger partial charge in [-0.3, -0.25) is 9.48 Å². The van der Waals surface area contributed by atoms with Gasteiger partial charge in [0.15, 0.2) is 0 Å². The van der Waals surface area contributed by atoms with E-state index < -0.39 is 0 Å². The van der Waals surface area contributed by atoms with Crippen molar-refractivity contribution in [2.75, 3.05) is 0 Å². The number of aryl methyl sites for hydroxylation is 1. The molecule has 0 unspecified atom stereocenters. The fourth-order valence-electron chi connectivity index (χ4n) is 2.52. The van der Waals surface area contributed by atoms with E-state index in [1.807, 2.05) is 28.9 Å². The summed E-state index contributed by atoms with van der Waals surface area (Å²) in [7, 11) is 0. The SMILES string of the molecule is O=C(/C=C/c1ccccc1Cl)N[C@H]1CCn2nccc2C1. The molecule has 21 heavy (non-hydrogen) atoms. The summed E-state index contributed by atoms with van der Waals surface area (Å²) in [4.78, 5) is 12.0. The monoisotopic (exact) mass is 301 g/mol. The molecule has 108 valence electrons. The van der Waals surface area contributed by atoms with Crippen molar-refractivity contribution in [2.45, 2.75) is 25.4 Å². The van der Waals surface area contributed by atoms with Gasteiger partial charge in [0, 0.05) is 42.0 Å². The zero-order chi connectivity index (χ0) is 14.7. The zero-order valence-electron chi connectivity index (χ0n) is 11.5. The van der Waals surface area contributed by atoms with E-state index in [4.69, 9.17) is 11.6 Å². The van der Waals surface area contributed by atoms with Gasteiger partial charge in [-0.15, -0.1) is 0 Å². The highest BCUT2D eigenvalue weighted by Crippen LogP contribution is 2.16. The summed E-state index contributed by atoms with van der Waals surface area (Å²) in [5, 5.41) is 7.90. The number of fused-ring (bicyclic) bond motifs is 1. The average molecular weight is 302 g/mol. The molecule has 2 aromatic rings. The molecule has 2 heterocycles. The van der Waals surface area contributed by atoms with Crippen LogP contribution in [0.4, 0.5) is 0 Å². The van der Waals surface area contributed by atoms with Crippen LogP contribution in [0.5, 0.6) is 0 Å². The number of carbonyl (C=O) groups is 1. The Morgan fingerprint density at radius 1 is 1.38 bits per heavy atom. The van der Waals surface area contributed by atoms with E-state index in [-0.39, 0.29) is 11.9 Å². The molecule has 0 saturated heterocycles. The van der Waals surface area contributed by atoms with Gasteiger partial charge in [-0.25, -0.2) is 0 Å². The van der Waals surface area contributed by atoms with Gasteiger partial charge in [-0.2, -0.15) is 5.10 Å². The van der Waals surface area contributed by atoms with Crippen LogP contribution in [0.25, 0.3) is 6.08 Å². The fraction of sp³-hybridized carbons (Fsp3) is 0.250. The third kappa shape index (κ3) is 3.34. The first-order valence-corrected chi connectivity index (χ1v) is 7.34. The van der Waals surface area contributed by atoms with Crippen LogP contribution in [-0.2, 0) is 17.8 Å². The summed E-state index contributed by atoms with van der Waals surface area (Å²) in [5.74, 6) is -0.0899. The van der Waals surface area contributed by atoms with Crippen molar-refractivity contribution >= 4 is 23.6 Å². The lowest BCUT2D eigenvalue weighted by Crippen LogP contribution is -2.39. The van der Waals surface area contributed by atoms with Gasteiger partial charge in [0.1, 0.15) is 0 Å². The lowest BCUT2D eigenvalue weighted by molar-refractivity contribution is -0.117. The smallest absolute Gasteiger partial charge is 0.244 e. The Bertz CT molecular complexity index is 678. The molecule has 1 aliphatic rings. The van der Waals surface area contributed by atoms with Gasteiger partial charge in [0.05, 0.1) is 0 Å². The average Bonchev–Trinajstić information content (AvgIpc) is 2.94. The zero-order valence-corrected chi connectivity index (χ0v) is 12.3. The minimum atomic E-state index is -0.0899.